The van der Waals surface area contributed by atoms with E-state index in [0.29, 0.717) is 12.2 Å². The Hall–Kier alpha value is -1.83. The topological polar surface area (TPSA) is 26.3 Å². The number of carbonyl (C=O) groups is 1. The number of hydrogen-bond donors (Lipinski definition) is 0. The second-order valence-corrected chi connectivity index (χ2v) is 3.66. The number of benzene rings is 1. The standard InChI is InChI=1S/C15H18O2/c1-2-3-4-5-6-10-13-17-15(16)14-11-8-7-9-12-14/h2,6-12H,1,3-5,13H2. The largest absolute Gasteiger partial charge is 0.458 e. The number of allylic oxidation sites excluding steroid dienone is 2. The third-order valence-electron chi connectivity index (χ3n) is 2.27. The van der Waals surface area contributed by atoms with Gasteiger partial charge in [0.25, 0.3) is 0 Å². The van der Waals surface area contributed by atoms with Crippen molar-refractivity contribution >= 4 is 5.97 Å². The van der Waals surface area contributed by atoms with Crippen LogP contribution in [0.3, 0.4) is 0 Å². The summed E-state index contributed by atoms with van der Waals surface area (Å²) < 4.78 is 5.09. The molecule has 0 atom stereocenters. The smallest absolute Gasteiger partial charge is 0.338 e. The normalized spacial score (nSPS) is 10.4. The van der Waals surface area contributed by atoms with Crippen LogP contribution >= 0.6 is 0 Å². The van der Waals surface area contributed by atoms with E-state index in [0.717, 1.165) is 19.3 Å². The Bertz CT molecular complexity index is 366. The van der Waals surface area contributed by atoms with Crippen LogP contribution in [-0.2, 0) is 4.74 Å². The molecule has 2 heteroatoms. The third-order valence-corrected chi connectivity index (χ3v) is 2.27. The van der Waals surface area contributed by atoms with Gasteiger partial charge < -0.3 is 4.74 Å². The molecule has 0 radical (unpaired) electrons. The Balaban J connectivity index is 2.18. The van der Waals surface area contributed by atoms with Crippen molar-refractivity contribution in [2.45, 2.75) is 19.3 Å². The van der Waals surface area contributed by atoms with Gasteiger partial charge in [0.15, 0.2) is 0 Å². The van der Waals surface area contributed by atoms with Gasteiger partial charge in [0.05, 0.1) is 5.56 Å². The molecule has 0 aliphatic carbocycles. The maximum atomic E-state index is 11.5. The lowest BCUT2D eigenvalue weighted by Gasteiger charge is -2.00. The summed E-state index contributed by atoms with van der Waals surface area (Å²) in [4.78, 5) is 11.5. The van der Waals surface area contributed by atoms with Crippen LogP contribution in [0.15, 0.2) is 55.1 Å². The minimum Gasteiger partial charge on any atom is -0.458 e. The summed E-state index contributed by atoms with van der Waals surface area (Å²) in [7, 11) is 0. The molecule has 17 heavy (non-hydrogen) atoms. The van der Waals surface area contributed by atoms with Gasteiger partial charge in [0.2, 0.25) is 0 Å². The fraction of sp³-hybridized carbons (Fsp3) is 0.267. The van der Waals surface area contributed by atoms with E-state index in [2.05, 4.69) is 6.58 Å². The SMILES string of the molecule is C=CCCCC=CCOC(=O)c1ccccc1. The van der Waals surface area contributed by atoms with Crippen molar-refractivity contribution in [3.05, 3.63) is 60.7 Å². The highest BCUT2D eigenvalue weighted by atomic mass is 16.5. The molecule has 0 fully saturated rings. The van der Waals surface area contributed by atoms with E-state index in [1.54, 1.807) is 12.1 Å². The quantitative estimate of drug-likeness (QED) is 0.405. The lowest BCUT2D eigenvalue weighted by atomic mass is 10.2. The van der Waals surface area contributed by atoms with Crippen molar-refractivity contribution in [1.29, 1.82) is 0 Å². The molecule has 0 amide bonds. The summed E-state index contributed by atoms with van der Waals surface area (Å²) in [5, 5.41) is 0. The van der Waals surface area contributed by atoms with Crippen LogP contribution in [0.5, 0.6) is 0 Å². The van der Waals surface area contributed by atoms with Crippen LogP contribution in [0.25, 0.3) is 0 Å². The molecule has 1 aromatic rings. The van der Waals surface area contributed by atoms with Gasteiger partial charge in [-0.3, -0.25) is 0 Å². The van der Waals surface area contributed by atoms with E-state index in [1.807, 2.05) is 36.4 Å². The fourth-order valence-electron chi connectivity index (χ4n) is 1.35. The van der Waals surface area contributed by atoms with Gasteiger partial charge in [-0.1, -0.05) is 36.4 Å². The molecule has 0 N–H and O–H groups in total. The van der Waals surface area contributed by atoms with Gasteiger partial charge in [-0.15, -0.1) is 6.58 Å². The Morgan fingerprint density at radius 3 is 2.65 bits per heavy atom. The molecule has 0 aromatic heterocycles. The molecule has 0 unspecified atom stereocenters. The minimum absolute atomic E-state index is 0.277. The van der Waals surface area contributed by atoms with Crippen LogP contribution in [0.4, 0.5) is 0 Å². The summed E-state index contributed by atoms with van der Waals surface area (Å²) in [5.74, 6) is -0.277. The first-order valence-corrected chi connectivity index (χ1v) is 5.82. The van der Waals surface area contributed by atoms with Crippen molar-refractivity contribution in [1.82, 2.24) is 0 Å². The predicted molar refractivity (Wildman–Crippen MR) is 69.9 cm³/mol. The van der Waals surface area contributed by atoms with Crippen LogP contribution in [0.2, 0.25) is 0 Å². The van der Waals surface area contributed by atoms with E-state index in [1.165, 1.54) is 0 Å². The van der Waals surface area contributed by atoms with Gasteiger partial charge in [0, 0.05) is 0 Å². The Labute approximate surface area is 103 Å². The number of hydrogen-bond acceptors (Lipinski definition) is 2. The van der Waals surface area contributed by atoms with Crippen molar-refractivity contribution in [2.24, 2.45) is 0 Å². The van der Waals surface area contributed by atoms with Gasteiger partial charge in [-0.05, 0) is 31.4 Å². The number of ether oxygens (including phenoxy) is 1. The van der Waals surface area contributed by atoms with Gasteiger partial charge >= 0.3 is 5.97 Å². The lowest BCUT2D eigenvalue weighted by molar-refractivity contribution is 0.0549. The van der Waals surface area contributed by atoms with E-state index in [-0.39, 0.29) is 5.97 Å². The molecular weight excluding hydrogens is 212 g/mol. The zero-order chi connectivity index (χ0) is 12.3. The van der Waals surface area contributed by atoms with Crippen LogP contribution in [0.1, 0.15) is 29.6 Å². The second-order valence-electron chi connectivity index (χ2n) is 3.66. The summed E-state index contributed by atoms with van der Waals surface area (Å²) >= 11 is 0. The van der Waals surface area contributed by atoms with E-state index in [4.69, 9.17) is 4.74 Å². The maximum Gasteiger partial charge on any atom is 0.338 e. The first kappa shape index (κ1) is 13.2. The molecule has 0 spiro atoms. The predicted octanol–water partition coefficient (Wildman–Crippen LogP) is 3.76. The number of carbonyl (C=O) groups excluding carboxylic acids is 1. The van der Waals surface area contributed by atoms with Gasteiger partial charge in [-0.2, -0.15) is 0 Å². The van der Waals surface area contributed by atoms with E-state index < -0.39 is 0 Å². The van der Waals surface area contributed by atoms with Crippen molar-refractivity contribution in [2.75, 3.05) is 6.61 Å². The summed E-state index contributed by atoms with van der Waals surface area (Å²) in [6, 6.07) is 9.01. The van der Waals surface area contributed by atoms with Crippen LogP contribution < -0.4 is 0 Å². The highest BCUT2D eigenvalue weighted by Crippen LogP contribution is 2.01. The zero-order valence-corrected chi connectivity index (χ0v) is 9.97. The Morgan fingerprint density at radius 2 is 1.94 bits per heavy atom. The average Bonchev–Trinajstić information content (AvgIpc) is 2.38. The molecule has 1 rings (SSSR count). The molecule has 0 aliphatic heterocycles. The molecule has 90 valence electrons. The molecule has 0 saturated carbocycles. The summed E-state index contributed by atoms with van der Waals surface area (Å²) in [6.07, 6.45) is 8.92. The highest BCUT2D eigenvalue weighted by molar-refractivity contribution is 5.89. The summed E-state index contributed by atoms with van der Waals surface area (Å²) in [5.41, 5.74) is 0.590. The minimum atomic E-state index is -0.277. The second kappa shape index (κ2) is 8.34. The Kier molecular flexibility index (Phi) is 6.49. The molecule has 0 saturated heterocycles. The van der Waals surface area contributed by atoms with Gasteiger partial charge in [-0.25, -0.2) is 4.79 Å². The van der Waals surface area contributed by atoms with Crippen LogP contribution in [0, 0.1) is 0 Å². The average molecular weight is 230 g/mol. The molecule has 0 bridgehead atoms. The van der Waals surface area contributed by atoms with Crippen LogP contribution in [-0.4, -0.2) is 12.6 Å². The number of esters is 1. The third kappa shape index (κ3) is 5.71. The first-order valence-electron chi connectivity index (χ1n) is 5.82. The van der Waals surface area contributed by atoms with E-state index >= 15 is 0 Å². The molecule has 1 aromatic carbocycles. The summed E-state index contributed by atoms with van der Waals surface area (Å²) in [6.45, 7) is 3.99. The molecule has 0 aliphatic rings. The molecule has 2 nitrogen and oxygen atoms in total. The highest BCUT2D eigenvalue weighted by Gasteiger charge is 2.03. The molecule has 0 heterocycles. The number of rotatable bonds is 7. The fourth-order valence-corrected chi connectivity index (χ4v) is 1.35. The van der Waals surface area contributed by atoms with Crippen molar-refractivity contribution in [3.8, 4) is 0 Å². The van der Waals surface area contributed by atoms with Crippen molar-refractivity contribution in [3.63, 3.8) is 0 Å². The van der Waals surface area contributed by atoms with E-state index in [9.17, 15) is 4.79 Å². The zero-order valence-electron chi connectivity index (χ0n) is 9.97. The maximum absolute atomic E-state index is 11.5. The van der Waals surface area contributed by atoms with Crippen molar-refractivity contribution < 1.29 is 9.53 Å². The number of unbranched alkanes of at least 4 members (excludes halogenated alkanes) is 2. The first-order chi connectivity index (χ1) is 8.34. The monoisotopic (exact) mass is 230 g/mol. The van der Waals surface area contributed by atoms with Gasteiger partial charge in [0.1, 0.15) is 6.61 Å². The molecular formula is C15H18O2. The Morgan fingerprint density at radius 1 is 1.18 bits per heavy atom. The lowest BCUT2D eigenvalue weighted by Crippen LogP contribution is -2.04.